The lowest BCUT2D eigenvalue weighted by molar-refractivity contribution is 0.501. The van der Waals surface area contributed by atoms with Crippen LogP contribution in [0.2, 0.25) is 0 Å². The molecule has 1 aromatic carbocycles. The highest BCUT2D eigenvalue weighted by molar-refractivity contribution is 14.1. The van der Waals surface area contributed by atoms with Crippen LogP contribution in [0.15, 0.2) is 27.4 Å². The Bertz CT molecular complexity index is 729. The number of aromatic nitrogens is 1. The molecule has 1 heterocycles. The second-order valence-corrected chi connectivity index (χ2v) is 7.62. The van der Waals surface area contributed by atoms with Gasteiger partial charge in [-0.1, -0.05) is 0 Å². The van der Waals surface area contributed by atoms with Crippen LogP contribution < -0.4 is 5.76 Å². The molecule has 0 fully saturated rings. The molecule has 0 saturated heterocycles. The van der Waals surface area contributed by atoms with Gasteiger partial charge in [0, 0.05) is 16.4 Å². The minimum Gasteiger partial charge on any atom is -0.408 e. The molecule has 0 N–H and O–H groups in total. The molecular weight excluding hydrogens is 369 g/mol. The fraction of sp³-hybridized carbons (Fsp3) is 0.364. The lowest BCUT2D eigenvalue weighted by atomic mass is 10.3. The van der Waals surface area contributed by atoms with E-state index in [2.05, 4.69) is 22.6 Å². The van der Waals surface area contributed by atoms with E-state index in [9.17, 15) is 13.2 Å². The molecule has 0 aliphatic rings. The maximum absolute atomic E-state index is 11.6. The van der Waals surface area contributed by atoms with Gasteiger partial charge in [0.1, 0.15) is 9.84 Å². The summed E-state index contributed by atoms with van der Waals surface area (Å²) in [6.07, 6.45) is 1.59. The topological polar surface area (TPSA) is 69.3 Å². The Hall–Kier alpha value is -0.830. The van der Waals surface area contributed by atoms with Crippen molar-refractivity contribution in [3.05, 3.63) is 32.3 Å². The highest BCUT2D eigenvalue weighted by Crippen LogP contribution is 2.16. The molecule has 0 aliphatic carbocycles. The van der Waals surface area contributed by atoms with E-state index in [1.807, 2.05) is 12.1 Å². The lowest BCUT2D eigenvalue weighted by Gasteiger charge is -2.01. The van der Waals surface area contributed by atoms with Gasteiger partial charge in [-0.05, 0) is 47.2 Å². The highest BCUT2D eigenvalue weighted by atomic mass is 127. The van der Waals surface area contributed by atoms with E-state index in [1.54, 1.807) is 6.07 Å². The van der Waals surface area contributed by atoms with Gasteiger partial charge in [-0.25, -0.2) is 13.2 Å². The van der Waals surface area contributed by atoms with Gasteiger partial charge in [0.2, 0.25) is 0 Å². The Balaban J connectivity index is 2.30. The summed E-state index contributed by atoms with van der Waals surface area (Å²) >= 11 is 2.15. The molecule has 0 saturated carbocycles. The van der Waals surface area contributed by atoms with Gasteiger partial charge in [0.15, 0.2) is 5.58 Å². The van der Waals surface area contributed by atoms with Crippen molar-refractivity contribution >= 4 is 43.5 Å². The van der Waals surface area contributed by atoms with E-state index in [-0.39, 0.29) is 5.75 Å². The van der Waals surface area contributed by atoms with Crippen molar-refractivity contribution in [2.24, 2.45) is 0 Å². The van der Waals surface area contributed by atoms with Crippen molar-refractivity contribution in [2.75, 3.05) is 12.0 Å². The Morgan fingerprint density at radius 1 is 1.39 bits per heavy atom. The summed E-state index contributed by atoms with van der Waals surface area (Å²) in [5.74, 6) is -0.378. The Kier molecular flexibility index (Phi) is 3.81. The Labute approximate surface area is 118 Å². The summed E-state index contributed by atoms with van der Waals surface area (Å²) in [4.78, 5) is 11.6. The standard InChI is InChI=1S/C11H12INO4S/c1-18(15,16)6-2-5-13-9-7-8(12)3-4-10(9)17-11(13)14/h3-4,7H,2,5-6H2,1H3. The van der Waals surface area contributed by atoms with Crippen molar-refractivity contribution in [1.29, 1.82) is 0 Å². The number of fused-ring (bicyclic) bond motifs is 1. The van der Waals surface area contributed by atoms with Crippen molar-refractivity contribution in [3.8, 4) is 0 Å². The van der Waals surface area contributed by atoms with E-state index < -0.39 is 15.6 Å². The highest BCUT2D eigenvalue weighted by Gasteiger charge is 2.10. The predicted octanol–water partition coefficient (Wildman–Crippen LogP) is 1.63. The number of nitrogens with zero attached hydrogens (tertiary/aromatic N) is 1. The normalized spacial score (nSPS) is 12.1. The number of oxazole rings is 1. The average Bonchev–Trinajstić information content (AvgIpc) is 2.54. The minimum atomic E-state index is -3.00. The zero-order valence-corrected chi connectivity index (χ0v) is 12.7. The van der Waals surface area contributed by atoms with Crippen molar-refractivity contribution in [1.82, 2.24) is 4.57 Å². The maximum Gasteiger partial charge on any atom is 0.419 e. The van der Waals surface area contributed by atoms with Crippen LogP contribution >= 0.6 is 22.6 Å². The van der Waals surface area contributed by atoms with Gasteiger partial charge in [-0.15, -0.1) is 0 Å². The third-order valence-corrected chi connectivity index (χ3v) is 4.23. The first-order chi connectivity index (χ1) is 8.37. The van der Waals surface area contributed by atoms with E-state index in [0.29, 0.717) is 24.1 Å². The van der Waals surface area contributed by atoms with Gasteiger partial charge in [0.25, 0.3) is 0 Å². The first-order valence-corrected chi connectivity index (χ1v) is 8.47. The summed E-state index contributed by atoms with van der Waals surface area (Å²) in [5, 5.41) is 0. The first kappa shape index (κ1) is 13.6. The Morgan fingerprint density at radius 2 is 2.11 bits per heavy atom. The van der Waals surface area contributed by atoms with Crippen LogP contribution in [0.1, 0.15) is 6.42 Å². The van der Waals surface area contributed by atoms with Crippen molar-refractivity contribution in [2.45, 2.75) is 13.0 Å². The van der Waals surface area contributed by atoms with E-state index >= 15 is 0 Å². The summed E-state index contributed by atoms with van der Waals surface area (Å²) in [7, 11) is -3.00. The largest absolute Gasteiger partial charge is 0.419 e. The molecular formula is C11H12INO4S. The van der Waals surface area contributed by atoms with Crippen LogP contribution in [0.5, 0.6) is 0 Å². The Morgan fingerprint density at radius 3 is 2.78 bits per heavy atom. The molecule has 0 aliphatic heterocycles. The first-order valence-electron chi connectivity index (χ1n) is 5.33. The SMILES string of the molecule is CS(=O)(=O)CCCn1c(=O)oc2ccc(I)cc21. The van der Waals surface area contributed by atoms with Gasteiger partial charge >= 0.3 is 5.76 Å². The van der Waals surface area contributed by atoms with E-state index in [4.69, 9.17) is 4.42 Å². The number of hydrogen-bond acceptors (Lipinski definition) is 4. The number of rotatable bonds is 4. The van der Waals surface area contributed by atoms with Gasteiger partial charge < -0.3 is 4.42 Å². The molecule has 18 heavy (non-hydrogen) atoms. The second-order valence-electron chi connectivity index (χ2n) is 4.12. The number of benzene rings is 1. The molecule has 1 aromatic heterocycles. The number of sulfone groups is 1. The summed E-state index contributed by atoms with van der Waals surface area (Å²) in [5.41, 5.74) is 1.24. The third kappa shape index (κ3) is 3.14. The zero-order valence-electron chi connectivity index (χ0n) is 9.72. The number of hydrogen-bond donors (Lipinski definition) is 0. The lowest BCUT2D eigenvalue weighted by Crippen LogP contribution is -2.16. The van der Waals surface area contributed by atoms with Gasteiger partial charge in [-0.3, -0.25) is 4.57 Å². The summed E-state index contributed by atoms with van der Waals surface area (Å²) < 4.78 is 29.7. The van der Waals surface area contributed by atoms with E-state index in [0.717, 1.165) is 3.57 Å². The third-order valence-electron chi connectivity index (χ3n) is 2.53. The fourth-order valence-corrected chi connectivity index (χ4v) is 2.86. The molecule has 7 heteroatoms. The number of aryl methyl sites for hydroxylation is 1. The molecule has 5 nitrogen and oxygen atoms in total. The van der Waals surface area contributed by atoms with Crippen molar-refractivity contribution < 1.29 is 12.8 Å². The van der Waals surface area contributed by atoms with Crippen molar-refractivity contribution in [3.63, 3.8) is 0 Å². The van der Waals surface area contributed by atoms with Crippen LogP contribution in [0.25, 0.3) is 11.1 Å². The van der Waals surface area contributed by atoms with Crippen LogP contribution in [0.4, 0.5) is 0 Å². The monoisotopic (exact) mass is 381 g/mol. The zero-order chi connectivity index (χ0) is 13.3. The van der Waals surface area contributed by atoms with Crippen LogP contribution in [0, 0.1) is 3.57 Å². The summed E-state index contributed by atoms with van der Waals surface area (Å²) in [6, 6.07) is 5.44. The molecule has 0 radical (unpaired) electrons. The predicted molar refractivity (Wildman–Crippen MR) is 77.5 cm³/mol. The van der Waals surface area contributed by atoms with Crippen LogP contribution in [-0.2, 0) is 16.4 Å². The number of halogens is 1. The molecule has 2 aromatic rings. The summed E-state index contributed by atoms with van der Waals surface area (Å²) in [6.45, 7) is 0.346. The molecule has 98 valence electrons. The van der Waals surface area contributed by atoms with Gasteiger partial charge in [0.05, 0.1) is 11.3 Å². The second kappa shape index (κ2) is 5.04. The molecule has 0 atom stereocenters. The van der Waals surface area contributed by atoms with Crippen LogP contribution in [-0.4, -0.2) is 25.0 Å². The molecule has 0 spiro atoms. The minimum absolute atomic E-state index is 0.0655. The molecule has 2 rings (SSSR count). The fourth-order valence-electron chi connectivity index (χ4n) is 1.73. The molecule has 0 unspecified atom stereocenters. The molecule has 0 bridgehead atoms. The van der Waals surface area contributed by atoms with Crippen LogP contribution in [0.3, 0.4) is 0 Å². The van der Waals surface area contributed by atoms with Gasteiger partial charge in [-0.2, -0.15) is 0 Å². The van der Waals surface area contributed by atoms with E-state index in [1.165, 1.54) is 10.8 Å². The molecule has 0 amide bonds. The quantitative estimate of drug-likeness (QED) is 0.756. The average molecular weight is 381 g/mol. The maximum atomic E-state index is 11.6. The smallest absolute Gasteiger partial charge is 0.408 e.